The predicted octanol–water partition coefficient (Wildman–Crippen LogP) is 0.0541. The van der Waals surface area contributed by atoms with E-state index in [9.17, 15) is 0 Å². The second-order valence-corrected chi connectivity index (χ2v) is 3.88. The van der Waals surface area contributed by atoms with Crippen molar-refractivity contribution in [1.82, 2.24) is 9.80 Å². The molecular formula is C8H20N2Si. The van der Waals surface area contributed by atoms with E-state index in [0.29, 0.717) is 0 Å². The van der Waals surface area contributed by atoms with Crippen LogP contribution in [0.15, 0.2) is 11.5 Å². The Kier molecular flexibility index (Phi) is 5.03. The van der Waals surface area contributed by atoms with Crippen LogP contribution in [-0.4, -0.2) is 47.2 Å². The van der Waals surface area contributed by atoms with Gasteiger partial charge >= 0.3 is 0 Å². The summed E-state index contributed by atoms with van der Waals surface area (Å²) in [7, 11) is 5.38. The number of nitrogens with zero attached hydrogens (tertiary/aromatic N) is 2. The minimum Gasteiger partial charge on any atom is -0.381 e. The second-order valence-electron chi connectivity index (χ2n) is 2.86. The summed E-state index contributed by atoms with van der Waals surface area (Å²) in [5.41, 5.74) is 0. The van der Waals surface area contributed by atoms with Crippen LogP contribution >= 0.6 is 0 Å². The molecule has 0 spiro atoms. The second kappa shape index (κ2) is 5.24. The summed E-state index contributed by atoms with van der Waals surface area (Å²) >= 11 is 0. The zero-order valence-electron chi connectivity index (χ0n) is 8.39. The van der Waals surface area contributed by atoms with Crippen molar-refractivity contribution >= 4 is 10.2 Å². The molecule has 0 N–H and O–H groups in total. The maximum absolute atomic E-state index is 2.29. The Morgan fingerprint density at radius 3 is 2.18 bits per heavy atom. The van der Waals surface area contributed by atoms with Gasteiger partial charge in [0, 0.05) is 38.7 Å². The van der Waals surface area contributed by atoms with E-state index in [2.05, 4.69) is 43.9 Å². The summed E-state index contributed by atoms with van der Waals surface area (Å²) in [6.07, 6.45) is 2.23. The van der Waals surface area contributed by atoms with Gasteiger partial charge in [0.15, 0.2) is 0 Å². The average Bonchev–Trinajstić information content (AvgIpc) is 2.02. The third-order valence-corrected chi connectivity index (χ3v) is 3.00. The highest BCUT2D eigenvalue weighted by Gasteiger charge is 1.94. The number of hydrogen-bond acceptors (Lipinski definition) is 2. The van der Waals surface area contributed by atoms with Crippen molar-refractivity contribution in [3.8, 4) is 0 Å². The summed E-state index contributed by atoms with van der Waals surface area (Å²) in [5.74, 6) is 0. The van der Waals surface area contributed by atoms with Crippen molar-refractivity contribution in [2.45, 2.75) is 13.8 Å². The molecule has 0 amide bonds. The molecule has 0 aliphatic heterocycles. The van der Waals surface area contributed by atoms with E-state index in [1.54, 1.807) is 0 Å². The molecule has 0 fully saturated rings. The van der Waals surface area contributed by atoms with E-state index in [1.165, 1.54) is 5.32 Å². The van der Waals surface area contributed by atoms with Gasteiger partial charge in [0.1, 0.15) is 0 Å². The Labute approximate surface area is 73.3 Å². The Balaban J connectivity index is 3.98. The van der Waals surface area contributed by atoms with Crippen molar-refractivity contribution in [2.75, 3.05) is 27.2 Å². The Hall–Kier alpha value is -0.443. The monoisotopic (exact) mass is 172 g/mol. The van der Waals surface area contributed by atoms with Gasteiger partial charge in [-0.15, -0.1) is 0 Å². The van der Waals surface area contributed by atoms with Crippen LogP contribution in [0.3, 0.4) is 0 Å². The lowest BCUT2D eigenvalue weighted by molar-refractivity contribution is 0.429. The Morgan fingerprint density at radius 1 is 1.27 bits per heavy atom. The predicted molar refractivity (Wildman–Crippen MR) is 54.6 cm³/mol. The summed E-state index contributed by atoms with van der Waals surface area (Å²) in [4.78, 5) is 4.51. The zero-order valence-corrected chi connectivity index (χ0v) is 10.4. The quantitative estimate of drug-likeness (QED) is 0.553. The van der Waals surface area contributed by atoms with E-state index < -0.39 is 0 Å². The molecule has 66 valence electrons. The van der Waals surface area contributed by atoms with Gasteiger partial charge in [-0.2, -0.15) is 0 Å². The summed E-state index contributed by atoms with van der Waals surface area (Å²) < 4.78 is 0. The minimum atomic E-state index is 1.09. The van der Waals surface area contributed by atoms with Gasteiger partial charge in [0.2, 0.25) is 0 Å². The molecule has 0 saturated carbocycles. The highest BCUT2D eigenvalue weighted by Crippen LogP contribution is 1.96. The van der Waals surface area contributed by atoms with Gasteiger partial charge in [-0.05, 0) is 13.8 Å². The lowest BCUT2D eigenvalue weighted by Crippen LogP contribution is -2.20. The van der Waals surface area contributed by atoms with Crippen LogP contribution in [0, 0.1) is 0 Å². The fourth-order valence-corrected chi connectivity index (χ4v) is 1.52. The van der Waals surface area contributed by atoms with E-state index >= 15 is 0 Å². The largest absolute Gasteiger partial charge is 0.381 e. The van der Waals surface area contributed by atoms with Gasteiger partial charge in [0.25, 0.3) is 0 Å². The molecule has 0 aromatic rings. The molecule has 0 aliphatic carbocycles. The molecule has 3 heteroatoms. The van der Waals surface area contributed by atoms with Crippen LogP contribution in [-0.2, 0) is 0 Å². The zero-order chi connectivity index (χ0) is 8.85. The Morgan fingerprint density at radius 2 is 1.82 bits per heavy atom. The van der Waals surface area contributed by atoms with Crippen LogP contribution in [0.2, 0.25) is 0 Å². The topological polar surface area (TPSA) is 6.48 Å². The van der Waals surface area contributed by atoms with Gasteiger partial charge < -0.3 is 9.80 Å². The van der Waals surface area contributed by atoms with Crippen molar-refractivity contribution in [3.63, 3.8) is 0 Å². The SMILES string of the molecule is CCN(C)C=C([SiH3])N(C)CC. The molecule has 0 saturated heterocycles. The summed E-state index contributed by atoms with van der Waals surface area (Å²) in [5, 5.41) is 1.46. The third kappa shape index (κ3) is 4.09. The molecule has 0 bridgehead atoms. The maximum Gasteiger partial charge on any atom is 0.0609 e. The third-order valence-electron chi connectivity index (χ3n) is 1.98. The summed E-state index contributed by atoms with van der Waals surface area (Å²) in [6.45, 7) is 6.53. The molecule has 0 radical (unpaired) electrons. The minimum absolute atomic E-state index is 1.09. The first-order valence-electron chi connectivity index (χ1n) is 4.21. The van der Waals surface area contributed by atoms with Crippen molar-refractivity contribution in [2.24, 2.45) is 0 Å². The van der Waals surface area contributed by atoms with Crippen LogP contribution in [0.4, 0.5) is 0 Å². The van der Waals surface area contributed by atoms with Crippen LogP contribution in [0.5, 0.6) is 0 Å². The fourth-order valence-electron chi connectivity index (χ4n) is 0.758. The fraction of sp³-hybridized carbons (Fsp3) is 0.750. The van der Waals surface area contributed by atoms with Crippen molar-refractivity contribution in [1.29, 1.82) is 0 Å². The summed E-state index contributed by atoms with van der Waals surface area (Å²) in [6, 6.07) is 0. The normalized spacial score (nSPS) is 11.8. The molecule has 0 aromatic carbocycles. The molecule has 0 atom stereocenters. The standard InChI is InChI=1S/C8H20N2Si/c1-5-9(3)7-8(11)10(4)6-2/h7H,5-6H2,1-4,11H3. The number of rotatable bonds is 4. The smallest absolute Gasteiger partial charge is 0.0609 e. The molecule has 2 nitrogen and oxygen atoms in total. The van der Waals surface area contributed by atoms with E-state index in [1.807, 2.05) is 0 Å². The molecule has 11 heavy (non-hydrogen) atoms. The van der Waals surface area contributed by atoms with Gasteiger partial charge in [0.05, 0.1) is 10.2 Å². The van der Waals surface area contributed by atoms with Crippen LogP contribution in [0.1, 0.15) is 13.8 Å². The van der Waals surface area contributed by atoms with E-state index in [-0.39, 0.29) is 0 Å². The average molecular weight is 172 g/mol. The van der Waals surface area contributed by atoms with Crippen molar-refractivity contribution < 1.29 is 0 Å². The van der Waals surface area contributed by atoms with Gasteiger partial charge in [-0.1, -0.05) is 0 Å². The first kappa shape index (κ1) is 10.6. The van der Waals surface area contributed by atoms with Gasteiger partial charge in [-0.25, -0.2) is 0 Å². The molecule has 0 aromatic heterocycles. The van der Waals surface area contributed by atoms with E-state index in [0.717, 1.165) is 23.3 Å². The van der Waals surface area contributed by atoms with Crippen LogP contribution in [0.25, 0.3) is 0 Å². The maximum atomic E-state index is 2.29. The molecule has 0 unspecified atom stereocenters. The molecule has 0 aliphatic rings. The lowest BCUT2D eigenvalue weighted by Gasteiger charge is -2.20. The Bertz CT molecular complexity index is 134. The first-order valence-corrected chi connectivity index (χ1v) is 5.21. The van der Waals surface area contributed by atoms with Gasteiger partial charge in [-0.3, -0.25) is 0 Å². The lowest BCUT2D eigenvalue weighted by atomic mass is 10.6. The molecular weight excluding hydrogens is 152 g/mol. The molecule has 0 rings (SSSR count). The van der Waals surface area contributed by atoms with E-state index in [4.69, 9.17) is 0 Å². The molecule has 0 heterocycles. The highest BCUT2D eigenvalue weighted by molar-refractivity contribution is 6.21. The number of hydrogen-bond donors (Lipinski definition) is 0. The van der Waals surface area contributed by atoms with Crippen molar-refractivity contribution in [3.05, 3.63) is 11.5 Å². The van der Waals surface area contributed by atoms with Crippen LogP contribution < -0.4 is 0 Å². The first-order chi connectivity index (χ1) is 5.11. The highest BCUT2D eigenvalue weighted by atomic mass is 28.1.